The second-order valence-electron chi connectivity index (χ2n) is 7.53. The Morgan fingerprint density at radius 2 is 1.65 bits per heavy atom. The molecule has 0 aliphatic carbocycles. The van der Waals surface area contributed by atoms with Gasteiger partial charge in [0.1, 0.15) is 5.75 Å². The maximum Gasteiger partial charge on any atom is 0.416 e. The van der Waals surface area contributed by atoms with Gasteiger partial charge >= 0.3 is 6.18 Å². The van der Waals surface area contributed by atoms with Crippen molar-refractivity contribution in [2.45, 2.75) is 37.4 Å². The smallest absolute Gasteiger partial charge is 0.416 e. The number of rotatable bonds is 8. The predicted molar refractivity (Wildman–Crippen MR) is 123 cm³/mol. The van der Waals surface area contributed by atoms with Crippen LogP contribution in [0.5, 0.6) is 5.75 Å². The minimum atomic E-state index is -4.60. The van der Waals surface area contributed by atoms with Gasteiger partial charge in [-0.3, -0.25) is 9.52 Å². The molecule has 0 aliphatic heterocycles. The van der Waals surface area contributed by atoms with Gasteiger partial charge in [0.05, 0.1) is 10.5 Å². The zero-order valence-corrected chi connectivity index (χ0v) is 19.2. The maximum absolute atomic E-state index is 12.9. The van der Waals surface area contributed by atoms with Crippen molar-refractivity contribution < 1.29 is 31.1 Å². The van der Waals surface area contributed by atoms with Crippen LogP contribution in [0.2, 0.25) is 0 Å². The van der Waals surface area contributed by atoms with E-state index in [1.165, 1.54) is 30.3 Å². The minimum Gasteiger partial charge on any atom is -0.481 e. The van der Waals surface area contributed by atoms with Crippen LogP contribution in [0.25, 0.3) is 0 Å². The fourth-order valence-electron chi connectivity index (χ4n) is 3.09. The van der Waals surface area contributed by atoms with E-state index in [4.69, 9.17) is 4.74 Å². The number of amides is 1. The molecule has 1 amide bonds. The van der Waals surface area contributed by atoms with Crippen molar-refractivity contribution in [3.63, 3.8) is 0 Å². The topological polar surface area (TPSA) is 84.5 Å². The highest BCUT2D eigenvalue weighted by Gasteiger charge is 2.30. The number of carbonyl (C=O) groups is 1. The van der Waals surface area contributed by atoms with E-state index >= 15 is 0 Å². The van der Waals surface area contributed by atoms with Gasteiger partial charge in [0, 0.05) is 11.4 Å². The van der Waals surface area contributed by atoms with Gasteiger partial charge in [-0.15, -0.1) is 0 Å². The van der Waals surface area contributed by atoms with Crippen molar-refractivity contribution in [3.05, 3.63) is 83.9 Å². The summed E-state index contributed by atoms with van der Waals surface area (Å²) in [6.07, 6.45) is -4.94. The number of hydrogen-bond acceptors (Lipinski definition) is 4. The van der Waals surface area contributed by atoms with Gasteiger partial charge in [0.15, 0.2) is 6.10 Å². The van der Waals surface area contributed by atoms with Crippen LogP contribution in [-0.4, -0.2) is 20.4 Å². The third-order valence-electron chi connectivity index (χ3n) is 4.81. The molecule has 0 bridgehead atoms. The summed E-state index contributed by atoms with van der Waals surface area (Å²) in [6.45, 7) is 3.71. The molecule has 180 valence electrons. The monoisotopic (exact) mass is 492 g/mol. The molecule has 0 fully saturated rings. The highest BCUT2D eigenvalue weighted by Crippen LogP contribution is 2.31. The standard InChI is InChI=1S/C24H23F3N2O4S/c1-3-22(33-20-9-4-6-16(2)14-20)23(30)28-18-10-12-21(13-11-18)34(31,32)29-19-8-5-7-17(15-19)24(25,26)27/h4-15,22,29H,3H2,1-2H3,(H,28,30)/t22-/m0/s1. The van der Waals surface area contributed by atoms with E-state index < -0.39 is 33.8 Å². The van der Waals surface area contributed by atoms with Gasteiger partial charge < -0.3 is 10.1 Å². The highest BCUT2D eigenvalue weighted by atomic mass is 32.2. The average molecular weight is 493 g/mol. The molecule has 3 aromatic carbocycles. The Morgan fingerprint density at radius 3 is 2.26 bits per heavy atom. The molecule has 0 saturated carbocycles. The predicted octanol–water partition coefficient (Wildman–Crippen LogP) is 5.61. The molecule has 0 saturated heterocycles. The molecule has 0 heterocycles. The molecule has 0 unspecified atom stereocenters. The maximum atomic E-state index is 12.9. The van der Waals surface area contributed by atoms with Crippen LogP contribution in [0.3, 0.4) is 0 Å². The number of nitrogens with one attached hydrogen (secondary N) is 2. The first-order valence-corrected chi connectivity index (χ1v) is 11.8. The van der Waals surface area contributed by atoms with Crippen molar-refractivity contribution in [3.8, 4) is 5.75 Å². The zero-order chi connectivity index (χ0) is 24.9. The number of benzene rings is 3. The largest absolute Gasteiger partial charge is 0.481 e. The number of hydrogen-bond donors (Lipinski definition) is 2. The molecule has 6 nitrogen and oxygen atoms in total. The van der Waals surface area contributed by atoms with Gasteiger partial charge in [0.25, 0.3) is 15.9 Å². The Labute approximate surface area is 195 Å². The summed E-state index contributed by atoms with van der Waals surface area (Å²) >= 11 is 0. The molecule has 3 rings (SSSR count). The van der Waals surface area contributed by atoms with Crippen LogP contribution in [0.15, 0.2) is 77.7 Å². The third kappa shape index (κ3) is 6.50. The highest BCUT2D eigenvalue weighted by molar-refractivity contribution is 7.92. The number of alkyl halides is 3. The summed E-state index contributed by atoms with van der Waals surface area (Å²) in [5, 5.41) is 2.68. The van der Waals surface area contributed by atoms with Crippen LogP contribution >= 0.6 is 0 Å². The van der Waals surface area contributed by atoms with Crippen LogP contribution < -0.4 is 14.8 Å². The lowest BCUT2D eigenvalue weighted by Crippen LogP contribution is -2.32. The Hall–Kier alpha value is -3.53. The molecule has 0 aromatic heterocycles. The molecule has 0 radical (unpaired) electrons. The lowest BCUT2D eigenvalue weighted by Gasteiger charge is -2.18. The molecule has 1 atom stereocenters. The molecule has 34 heavy (non-hydrogen) atoms. The summed E-state index contributed by atoms with van der Waals surface area (Å²) in [4.78, 5) is 12.4. The summed E-state index contributed by atoms with van der Waals surface area (Å²) in [6, 6.07) is 16.5. The molecule has 0 spiro atoms. The van der Waals surface area contributed by atoms with E-state index in [2.05, 4.69) is 10.0 Å². The van der Waals surface area contributed by atoms with Crippen molar-refractivity contribution in [1.82, 2.24) is 0 Å². The molecular formula is C24H23F3N2O4S. The quantitative estimate of drug-likeness (QED) is 0.428. The van der Waals surface area contributed by atoms with E-state index in [-0.39, 0.29) is 10.6 Å². The van der Waals surface area contributed by atoms with Crippen molar-refractivity contribution in [1.29, 1.82) is 0 Å². The summed E-state index contributed by atoms with van der Waals surface area (Å²) in [5.74, 6) is 0.158. The van der Waals surface area contributed by atoms with E-state index in [1.807, 2.05) is 25.1 Å². The number of sulfonamides is 1. The number of anilines is 2. The molecular weight excluding hydrogens is 469 g/mol. The van der Waals surface area contributed by atoms with Gasteiger partial charge in [-0.05, 0) is 73.5 Å². The number of carbonyl (C=O) groups excluding carboxylic acids is 1. The van der Waals surface area contributed by atoms with Crippen molar-refractivity contribution in [2.24, 2.45) is 0 Å². The first-order chi connectivity index (χ1) is 16.0. The lowest BCUT2D eigenvalue weighted by molar-refractivity contribution is -0.137. The van der Waals surface area contributed by atoms with Crippen LogP contribution in [-0.2, 0) is 21.0 Å². The van der Waals surface area contributed by atoms with Crippen molar-refractivity contribution in [2.75, 3.05) is 10.0 Å². The lowest BCUT2D eigenvalue weighted by atomic mass is 10.2. The van der Waals surface area contributed by atoms with E-state index in [0.717, 1.165) is 17.7 Å². The zero-order valence-electron chi connectivity index (χ0n) is 18.4. The van der Waals surface area contributed by atoms with Gasteiger partial charge in [-0.25, -0.2) is 8.42 Å². The third-order valence-corrected chi connectivity index (χ3v) is 6.20. The van der Waals surface area contributed by atoms with Crippen molar-refractivity contribution >= 4 is 27.3 Å². The summed E-state index contributed by atoms with van der Waals surface area (Å²) in [5.41, 5.74) is 0.146. The van der Waals surface area contributed by atoms with Gasteiger partial charge in [0.2, 0.25) is 0 Å². The van der Waals surface area contributed by atoms with Crippen LogP contribution in [0, 0.1) is 6.92 Å². The fraction of sp³-hybridized carbons (Fsp3) is 0.208. The van der Waals surface area contributed by atoms with E-state index in [9.17, 15) is 26.4 Å². The van der Waals surface area contributed by atoms with E-state index in [1.54, 1.807) is 13.0 Å². The van der Waals surface area contributed by atoms with E-state index in [0.29, 0.717) is 23.9 Å². The first-order valence-electron chi connectivity index (χ1n) is 10.3. The first kappa shape index (κ1) is 25.1. The molecule has 3 aromatic rings. The Balaban J connectivity index is 1.68. The van der Waals surface area contributed by atoms with Gasteiger partial charge in [-0.1, -0.05) is 25.1 Å². The molecule has 0 aliphatic rings. The normalized spacial score (nSPS) is 12.6. The second kappa shape index (κ2) is 10.2. The Morgan fingerprint density at radius 1 is 0.971 bits per heavy atom. The Bertz CT molecular complexity index is 1260. The molecule has 10 heteroatoms. The van der Waals surface area contributed by atoms with Crippen LogP contribution in [0.1, 0.15) is 24.5 Å². The summed E-state index contributed by atoms with van der Waals surface area (Å²) in [7, 11) is -4.14. The molecule has 2 N–H and O–H groups in total. The van der Waals surface area contributed by atoms with Gasteiger partial charge in [-0.2, -0.15) is 13.2 Å². The number of aryl methyl sites for hydroxylation is 1. The summed E-state index contributed by atoms with van der Waals surface area (Å²) < 4.78 is 71.7. The SMILES string of the molecule is CC[C@H](Oc1cccc(C)c1)C(=O)Nc1ccc(S(=O)(=O)Nc2cccc(C(F)(F)F)c2)cc1. The second-order valence-corrected chi connectivity index (χ2v) is 9.21. The average Bonchev–Trinajstić information content (AvgIpc) is 2.77. The van der Waals surface area contributed by atoms with Crippen LogP contribution in [0.4, 0.5) is 24.5 Å². The number of halogens is 3. The Kier molecular flexibility index (Phi) is 7.51. The minimum absolute atomic E-state index is 0.175. The fourth-order valence-corrected chi connectivity index (χ4v) is 4.14. The number of ether oxygens (including phenoxy) is 1.